The third-order valence-electron chi connectivity index (χ3n) is 3.11. The van der Waals surface area contributed by atoms with Gasteiger partial charge in [0, 0.05) is 19.6 Å². The highest BCUT2D eigenvalue weighted by molar-refractivity contribution is 7.91. The van der Waals surface area contributed by atoms with Crippen LogP contribution < -0.4 is 10.2 Å². The molecule has 1 rings (SSSR count). The molecular weight excluding hydrogens is 260 g/mol. The van der Waals surface area contributed by atoms with E-state index in [1.807, 2.05) is 19.1 Å². The molecule has 0 aromatic heterocycles. The van der Waals surface area contributed by atoms with Gasteiger partial charge in [-0.05, 0) is 25.6 Å². The molecule has 0 fully saturated rings. The van der Waals surface area contributed by atoms with Crippen LogP contribution in [0.25, 0.3) is 0 Å². The highest BCUT2D eigenvalue weighted by Crippen LogP contribution is 2.25. The van der Waals surface area contributed by atoms with Crippen molar-refractivity contribution < 1.29 is 8.42 Å². The topological polar surface area (TPSA) is 49.4 Å². The first-order valence-electron chi connectivity index (χ1n) is 6.84. The lowest BCUT2D eigenvalue weighted by Gasteiger charge is -2.25. The molecule has 1 aromatic rings. The van der Waals surface area contributed by atoms with E-state index in [0.29, 0.717) is 4.90 Å². The number of hydrogen-bond acceptors (Lipinski definition) is 4. The summed E-state index contributed by atoms with van der Waals surface area (Å²) in [5.41, 5.74) is 0.810. The van der Waals surface area contributed by atoms with Crippen molar-refractivity contribution in [2.24, 2.45) is 0 Å². The average Bonchev–Trinajstić information content (AvgIpc) is 2.44. The lowest BCUT2D eigenvalue weighted by molar-refractivity contribution is 0.596. The molecule has 19 heavy (non-hydrogen) atoms. The van der Waals surface area contributed by atoms with Gasteiger partial charge >= 0.3 is 0 Å². The van der Waals surface area contributed by atoms with Crippen LogP contribution in [0, 0.1) is 0 Å². The Hall–Kier alpha value is -1.07. The Kier molecular flexibility index (Phi) is 6.31. The third kappa shape index (κ3) is 4.21. The lowest BCUT2D eigenvalue weighted by Crippen LogP contribution is -2.32. The van der Waals surface area contributed by atoms with E-state index in [9.17, 15) is 8.42 Å². The number of hydrogen-bond donors (Lipinski definition) is 1. The first kappa shape index (κ1) is 16.0. The van der Waals surface area contributed by atoms with Crippen molar-refractivity contribution in [1.29, 1.82) is 0 Å². The van der Waals surface area contributed by atoms with Gasteiger partial charge in [-0.3, -0.25) is 0 Å². The highest BCUT2D eigenvalue weighted by Gasteiger charge is 2.18. The lowest BCUT2D eigenvalue weighted by atomic mass is 10.3. The number of rotatable bonds is 8. The summed E-state index contributed by atoms with van der Waals surface area (Å²) in [6.07, 6.45) is 0. The SMILES string of the molecule is CCNCCN(CC)c1ccccc1S(=O)(=O)CC. The van der Waals surface area contributed by atoms with Crippen LogP contribution >= 0.6 is 0 Å². The molecule has 1 N–H and O–H groups in total. The molecule has 1 aromatic carbocycles. The summed E-state index contributed by atoms with van der Waals surface area (Å²) in [6.45, 7) is 9.16. The maximum Gasteiger partial charge on any atom is 0.180 e. The summed E-state index contributed by atoms with van der Waals surface area (Å²) >= 11 is 0. The number of para-hydroxylation sites is 1. The molecular formula is C14H24N2O2S. The normalized spacial score (nSPS) is 11.5. The second-order valence-electron chi connectivity index (χ2n) is 4.30. The number of nitrogens with zero attached hydrogens (tertiary/aromatic N) is 1. The third-order valence-corrected chi connectivity index (χ3v) is 4.89. The van der Waals surface area contributed by atoms with Crippen LogP contribution in [0.1, 0.15) is 20.8 Å². The van der Waals surface area contributed by atoms with Gasteiger partial charge in [0.1, 0.15) is 0 Å². The minimum absolute atomic E-state index is 0.134. The molecule has 4 nitrogen and oxygen atoms in total. The first-order chi connectivity index (χ1) is 9.06. The Balaban J connectivity index is 3.04. The van der Waals surface area contributed by atoms with E-state index in [0.717, 1.165) is 31.9 Å². The Bertz CT molecular complexity index is 486. The van der Waals surface area contributed by atoms with Gasteiger partial charge in [0.2, 0.25) is 0 Å². The van der Waals surface area contributed by atoms with E-state index < -0.39 is 9.84 Å². The van der Waals surface area contributed by atoms with Crippen molar-refractivity contribution in [3.63, 3.8) is 0 Å². The molecule has 0 bridgehead atoms. The number of benzene rings is 1. The number of nitrogens with one attached hydrogen (secondary N) is 1. The van der Waals surface area contributed by atoms with Crippen molar-refractivity contribution in [3.8, 4) is 0 Å². The summed E-state index contributed by atoms with van der Waals surface area (Å²) in [5.74, 6) is 0.134. The largest absolute Gasteiger partial charge is 0.369 e. The Labute approximate surface area is 116 Å². The number of sulfone groups is 1. The number of anilines is 1. The molecule has 0 aliphatic heterocycles. The minimum Gasteiger partial charge on any atom is -0.369 e. The van der Waals surface area contributed by atoms with Crippen LogP contribution in [-0.4, -0.2) is 40.3 Å². The zero-order valence-electron chi connectivity index (χ0n) is 12.0. The van der Waals surface area contributed by atoms with Gasteiger partial charge in [-0.25, -0.2) is 8.42 Å². The smallest absolute Gasteiger partial charge is 0.180 e. The monoisotopic (exact) mass is 284 g/mol. The summed E-state index contributed by atoms with van der Waals surface area (Å²) in [7, 11) is -3.18. The van der Waals surface area contributed by atoms with Crippen molar-refractivity contribution >= 4 is 15.5 Å². The van der Waals surface area contributed by atoms with E-state index in [4.69, 9.17) is 0 Å². The van der Waals surface area contributed by atoms with Gasteiger partial charge in [0.15, 0.2) is 9.84 Å². The van der Waals surface area contributed by atoms with Crippen LogP contribution in [0.4, 0.5) is 5.69 Å². The molecule has 0 saturated heterocycles. The standard InChI is InChI=1S/C14H24N2O2S/c1-4-15-11-12-16(5-2)13-9-7-8-10-14(13)19(17,18)6-3/h7-10,15H,4-6,11-12H2,1-3H3. The van der Waals surface area contributed by atoms with E-state index in [2.05, 4.69) is 17.1 Å². The zero-order valence-corrected chi connectivity index (χ0v) is 12.8. The van der Waals surface area contributed by atoms with Crippen LogP contribution in [0.15, 0.2) is 29.2 Å². The Morgan fingerprint density at radius 3 is 2.42 bits per heavy atom. The van der Waals surface area contributed by atoms with Crippen LogP contribution in [-0.2, 0) is 9.84 Å². The molecule has 5 heteroatoms. The van der Waals surface area contributed by atoms with Crippen molar-refractivity contribution in [2.45, 2.75) is 25.7 Å². The molecule has 0 saturated carbocycles. The van der Waals surface area contributed by atoms with Crippen LogP contribution in [0.5, 0.6) is 0 Å². The predicted molar refractivity (Wildman–Crippen MR) is 80.6 cm³/mol. The Morgan fingerprint density at radius 2 is 1.84 bits per heavy atom. The maximum absolute atomic E-state index is 12.1. The van der Waals surface area contributed by atoms with Crippen LogP contribution in [0.2, 0.25) is 0 Å². The van der Waals surface area contributed by atoms with Gasteiger partial charge < -0.3 is 10.2 Å². The minimum atomic E-state index is -3.18. The second kappa shape index (κ2) is 7.50. The van der Waals surface area contributed by atoms with E-state index in [1.165, 1.54) is 0 Å². The average molecular weight is 284 g/mol. The molecule has 0 atom stereocenters. The van der Waals surface area contributed by atoms with Gasteiger partial charge in [-0.15, -0.1) is 0 Å². The summed E-state index contributed by atoms with van der Waals surface area (Å²) < 4.78 is 24.3. The number of likely N-dealkylation sites (N-methyl/N-ethyl adjacent to an activating group) is 2. The molecule has 0 heterocycles. The van der Waals surface area contributed by atoms with Gasteiger partial charge in [0.25, 0.3) is 0 Å². The van der Waals surface area contributed by atoms with E-state index in [-0.39, 0.29) is 5.75 Å². The van der Waals surface area contributed by atoms with Crippen molar-refractivity contribution in [3.05, 3.63) is 24.3 Å². The van der Waals surface area contributed by atoms with Gasteiger partial charge in [-0.2, -0.15) is 0 Å². The van der Waals surface area contributed by atoms with E-state index in [1.54, 1.807) is 19.1 Å². The fourth-order valence-electron chi connectivity index (χ4n) is 1.98. The summed E-state index contributed by atoms with van der Waals surface area (Å²) in [5, 5.41) is 3.26. The molecule has 0 spiro atoms. The molecule has 0 aliphatic rings. The molecule has 0 unspecified atom stereocenters. The second-order valence-corrected chi connectivity index (χ2v) is 6.55. The predicted octanol–water partition coefficient (Wildman–Crippen LogP) is 1.92. The van der Waals surface area contributed by atoms with Crippen molar-refractivity contribution in [1.82, 2.24) is 5.32 Å². The first-order valence-corrected chi connectivity index (χ1v) is 8.49. The maximum atomic E-state index is 12.1. The Morgan fingerprint density at radius 1 is 1.16 bits per heavy atom. The molecule has 0 radical (unpaired) electrons. The van der Waals surface area contributed by atoms with Gasteiger partial charge in [-0.1, -0.05) is 26.0 Å². The summed E-state index contributed by atoms with van der Waals surface area (Å²) in [6, 6.07) is 7.26. The highest BCUT2D eigenvalue weighted by atomic mass is 32.2. The molecule has 0 amide bonds. The molecule has 108 valence electrons. The van der Waals surface area contributed by atoms with Crippen LogP contribution in [0.3, 0.4) is 0 Å². The fourth-order valence-corrected chi connectivity index (χ4v) is 3.09. The summed E-state index contributed by atoms with van der Waals surface area (Å²) in [4.78, 5) is 2.54. The van der Waals surface area contributed by atoms with E-state index >= 15 is 0 Å². The fraction of sp³-hybridized carbons (Fsp3) is 0.571. The van der Waals surface area contributed by atoms with Gasteiger partial charge in [0.05, 0.1) is 16.3 Å². The van der Waals surface area contributed by atoms with Crippen molar-refractivity contribution in [2.75, 3.05) is 36.8 Å². The zero-order chi connectivity index (χ0) is 14.3. The molecule has 0 aliphatic carbocycles. The quantitative estimate of drug-likeness (QED) is 0.741.